The van der Waals surface area contributed by atoms with Crippen LogP contribution < -0.4 is 9.62 Å². The number of carbonyl (C=O) groups is 2. The molecule has 0 spiro atoms. The Bertz CT molecular complexity index is 1740. The highest BCUT2D eigenvalue weighted by Gasteiger charge is 2.36. The lowest BCUT2D eigenvalue weighted by Gasteiger charge is -2.34. The van der Waals surface area contributed by atoms with Gasteiger partial charge < -0.3 is 10.2 Å². The molecule has 10 heteroatoms. The lowest BCUT2D eigenvalue weighted by atomic mass is 10.0. The first kappa shape index (κ1) is 33.5. The van der Waals surface area contributed by atoms with Gasteiger partial charge in [-0.1, -0.05) is 108 Å². The SMILES string of the molecule is Cc1ccc(S(=O)(=O)N(CC(=O)N(Cc2ccc(Cl)cc2)[C@H](Cc2ccccc2)C(=O)NC2CCCC2)c2ccccc2Cl)cc1. The first-order chi connectivity index (χ1) is 22.1. The molecule has 4 aromatic rings. The van der Waals surface area contributed by atoms with Crippen LogP contribution in [0.4, 0.5) is 5.69 Å². The standard InChI is InChI=1S/C36H37Cl2N3O4S/c1-26-15-21-31(22-16-26)46(44,45)41(33-14-8-7-13-32(33)38)25-35(42)40(24-28-17-19-29(37)20-18-28)34(23-27-9-3-2-4-10-27)36(43)39-30-11-5-6-12-30/h2-4,7-10,13-22,30,34H,5-6,11-12,23-25H2,1H3,(H,39,43)/t34-/m1/s1. The van der Waals surface area contributed by atoms with Gasteiger partial charge in [-0.15, -0.1) is 0 Å². The fourth-order valence-electron chi connectivity index (χ4n) is 5.71. The third-order valence-electron chi connectivity index (χ3n) is 8.25. The summed E-state index contributed by atoms with van der Waals surface area (Å²) in [4.78, 5) is 30.2. The first-order valence-corrected chi connectivity index (χ1v) is 17.5. The van der Waals surface area contributed by atoms with Crippen molar-refractivity contribution in [2.75, 3.05) is 10.8 Å². The monoisotopic (exact) mass is 677 g/mol. The maximum absolute atomic E-state index is 14.6. The maximum Gasteiger partial charge on any atom is 0.264 e. The second-order valence-corrected chi connectivity index (χ2v) is 14.3. The van der Waals surface area contributed by atoms with E-state index in [9.17, 15) is 18.0 Å². The van der Waals surface area contributed by atoms with Crippen molar-refractivity contribution in [1.82, 2.24) is 10.2 Å². The van der Waals surface area contributed by atoms with Crippen LogP contribution in [0.1, 0.15) is 42.4 Å². The summed E-state index contributed by atoms with van der Waals surface area (Å²) in [7, 11) is -4.24. The Kier molecular flexibility index (Phi) is 11.0. The van der Waals surface area contributed by atoms with Crippen molar-refractivity contribution in [3.63, 3.8) is 0 Å². The van der Waals surface area contributed by atoms with Crippen molar-refractivity contribution in [3.05, 3.63) is 130 Å². The van der Waals surface area contributed by atoms with Gasteiger partial charge in [-0.3, -0.25) is 13.9 Å². The van der Waals surface area contributed by atoms with Gasteiger partial charge in [0, 0.05) is 24.0 Å². The third-order valence-corrected chi connectivity index (χ3v) is 10.6. The van der Waals surface area contributed by atoms with E-state index < -0.39 is 28.5 Å². The number of hydrogen-bond donors (Lipinski definition) is 1. The van der Waals surface area contributed by atoms with Gasteiger partial charge in [-0.25, -0.2) is 8.42 Å². The number of aryl methyl sites for hydroxylation is 1. The second-order valence-electron chi connectivity index (χ2n) is 11.6. The van der Waals surface area contributed by atoms with Crippen LogP contribution >= 0.6 is 23.2 Å². The van der Waals surface area contributed by atoms with E-state index in [2.05, 4.69) is 5.32 Å². The molecule has 0 saturated heterocycles. The molecule has 0 aromatic heterocycles. The van der Waals surface area contributed by atoms with E-state index >= 15 is 0 Å². The molecule has 1 atom stereocenters. The molecule has 0 heterocycles. The minimum atomic E-state index is -4.24. The number of benzene rings is 4. The fourth-order valence-corrected chi connectivity index (χ4v) is 7.56. The molecule has 0 unspecified atom stereocenters. The van der Waals surface area contributed by atoms with E-state index in [0.717, 1.165) is 46.7 Å². The molecule has 4 aromatic carbocycles. The molecule has 7 nitrogen and oxygen atoms in total. The second kappa shape index (κ2) is 15.2. The van der Waals surface area contributed by atoms with Gasteiger partial charge in [0.25, 0.3) is 10.0 Å². The Morgan fingerprint density at radius 3 is 2.11 bits per heavy atom. The summed E-state index contributed by atoms with van der Waals surface area (Å²) in [6.45, 7) is 1.35. The predicted molar refractivity (Wildman–Crippen MR) is 183 cm³/mol. The van der Waals surface area contributed by atoms with Gasteiger partial charge in [0.2, 0.25) is 11.8 Å². The van der Waals surface area contributed by atoms with E-state index in [-0.39, 0.29) is 40.5 Å². The zero-order valence-corrected chi connectivity index (χ0v) is 27.9. The molecule has 5 rings (SSSR count). The molecular formula is C36H37Cl2N3O4S. The van der Waals surface area contributed by atoms with Gasteiger partial charge in [0.15, 0.2) is 0 Å². The summed E-state index contributed by atoms with van der Waals surface area (Å²) in [6, 6.07) is 28.6. The lowest BCUT2D eigenvalue weighted by molar-refractivity contribution is -0.140. The number of para-hydroxylation sites is 1. The molecule has 1 saturated carbocycles. The number of halogens is 2. The lowest BCUT2D eigenvalue weighted by Crippen LogP contribution is -2.54. The summed E-state index contributed by atoms with van der Waals surface area (Å²) in [5, 5.41) is 3.89. The summed E-state index contributed by atoms with van der Waals surface area (Å²) in [6.07, 6.45) is 4.07. The van der Waals surface area contributed by atoms with Gasteiger partial charge in [-0.2, -0.15) is 0 Å². The van der Waals surface area contributed by atoms with E-state index in [4.69, 9.17) is 23.2 Å². The molecule has 2 amide bonds. The third kappa shape index (κ3) is 8.29. The zero-order chi connectivity index (χ0) is 32.7. The van der Waals surface area contributed by atoms with Crippen LogP contribution in [0.25, 0.3) is 0 Å². The zero-order valence-electron chi connectivity index (χ0n) is 25.6. The van der Waals surface area contributed by atoms with Crippen molar-refractivity contribution >= 4 is 50.7 Å². The van der Waals surface area contributed by atoms with Crippen molar-refractivity contribution in [1.29, 1.82) is 0 Å². The molecule has 0 radical (unpaired) electrons. The van der Waals surface area contributed by atoms with E-state index in [0.29, 0.717) is 5.02 Å². The normalized spacial score (nSPS) is 14.1. The molecule has 1 fully saturated rings. The predicted octanol–water partition coefficient (Wildman–Crippen LogP) is 7.20. The van der Waals surface area contributed by atoms with Crippen molar-refractivity contribution in [2.24, 2.45) is 0 Å². The Morgan fingerprint density at radius 1 is 0.826 bits per heavy atom. The number of hydrogen-bond acceptors (Lipinski definition) is 4. The molecule has 0 bridgehead atoms. The van der Waals surface area contributed by atoms with Gasteiger partial charge in [-0.05, 0) is 67.3 Å². The molecule has 1 aliphatic rings. The quantitative estimate of drug-likeness (QED) is 0.172. The van der Waals surface area contributed by atoms with E-state index in [1.807, 2.05) is 37.3 Å². The fraction of sp³-hybridized carbons (Fsp3) is 0.278. The van der Waals surface area contributed by atoms with Crippen molar-refractivity contribution in [2.45, 2.75) is 62.6 Å². The van der Waals surface area contributed by atoms with Crippen LogP contribution in [0.2, 0.25) is 10.0 Å². The topological polar surface area (TPSA) is 86.8 Å². The number of nitrogens with zero attached hydrogens (tertiary/aromatic N) is 2. The van der Waals surface area contributed by atoms with Crippen LogP contribution in [-0.2, 0) is 32.6 Å². The number of amides is 2. The number of anilines is 1. The van der Waals surface area contributed by atoms with Crippen LogP contribution in [0, 0.1) is 6.92 Å². The highest BCUT2D eigenvalue weighted by atomic mass is 35.5. The highest BCUT2D eigenvalue weighted by Crippen LogP contribution is 2.31. The molecule has 46 heavy (non-hydrogen) atoms. The summed E-state index contributed by atoms with van der Waals surface area (Å²) < 4.78 is 29.4. The molecule has 1 N–H and O–H groups in total. The average molecular weight is 679 g/mol. The highest BCUT2D eigenvalue weighted by molar-refractivity contribution is 7.92. The molecule has 240 valence electrons. The largest absolute Gasteiger partial charge is 0.352 e. The number of rotatable bonds is 12. The minimum absolute atomic E-state index is 0.0230. The molecule has 1 aliphatic carbocycles. The Balaban J connectivity index is 1.57. The summed E-state index contributed by atoms with van der Waals surface area (Å²) >= 11 is 12.7. The minimum Gasteiger partial charge on any atom is -0.352 e. The average Bonchev–Trinajstić information content (AvgIpc) is 3.56. The van der Waals surface area contributed by atoms with E-state index in [1.54, 1.807) is 60.7 Å². The van der Waals surface area contributed by atoms with Gasteiger partial charge >= 0.3 is 0 Å². The summed E-state index contributed by atoms with van der Waals surface area (Å²) in [5.41, 5.74) is 2.68. The first-order valence-electron chi connectivity index (χ1n) is 15.3. The van der Waals surface area contributed by atoms with E-state index in [1.165, 1.54) is 17.0 Å². The van der Waals surface area contributed by atoms with Crippen molar-refractivity contribution in [3.8, 4) is 0 Å². The maximum atomic E-state index is 14.6. The Labute approximate surface area is 281 Å². The number of carbonyl (C=O) groups excluding carboxylic acids is 2. The Morgan fingerprint density at radius 2 is 1.46 bits per heavy atom. The van der Waals surface area contributed by atoms with Gasteiger partial charge in [0.05, 0.1) is 15.6 Å². The number of sulfonamides is 1. The Hall–Kier alpha value is -3.85. The smallest absolute Gasteiger partial charge is 0.264 e. The number of nitrogens with one attached hydrogen (secondary N) is 1. The van der Waals surface area contributed by atoms with Crippen LogP contribution in [-0.4, -0.2) is 43.8 Å². The van der Waals surface area contributed by atoms with Crippen LogP contribution in [0.15, 0.2) is 108 Å². The molecule has 0 aliphatic heterocycles. The van der Waals surface area contributed by atoms with Gasteiger partial charge in [0.1, 0.15) is 12.6 Å². The van der Waals surface area contributed by atoms with Crippen LogP contribution in [0.3, 0.4) is 0 Å². The summed E-state index contributed by atoms with van der Waals surface area (Å²) in [5.74, 6) is -0.822. The molecular weight excluding hydrogens is 641 g/mol. The van der Waals surface area contributed by atoms with Crippen molar-refractivity contribution < 1.29 is 18.0 Å². The van der Waals surface area contributed by atoms with Crippen LogP contribution in [0.5, 0.6) is 0 Å².